The van der Waals surface area contributed by atoms with Crippen molar-refractivity contribution in [1.82, 2.24) is 24.6 Å². The number of hydrogen-bond acceptors (Lipinski definition) is 3. The van der Waals surface area contributed by atoms with Gasteiger partial charge in [-0.3, -0.25) is 4.68 Å². The van der Waals surface area contributed by atoms with Gasteiger partial charge in [0.05, 0.1) is 11.7 Å². The van der Waals surface area contributed by atoms with Crippen LogP contribution in [0, 0.1) is 13.8 Å². The Morgan fingerprint density at radius 1 is 1.30 bits per heavy atom. The van der Waals surface area contributed by atoms with Gasteiger partial charge < -0.3 is 9.88 Å². The van der Waals surface area contributed by atoms with E-state index in [1.165, 1.54) is 11.3 Å². The molecule has 0 aliphatic carbocycles. The molecule has 0 saturated carbocycles. The summed E-state index contributed by atoms with van der Waals surface area (Å²) in [4.78, 5) is 4.57. The number of nitrogens with zero attached hydrogens (tertiary/aromatic N) is 4. The Hall–Kier alpha value is -1.62. The maximum Gasteiger partial charge on any atom is 0.130 e. The highest BCUT2D eigenvalue weighted by molar-refractivity contribution is 5.33. The first-order valence-electron chi connectivity index (χ1n) is 7.34. The summed E-state index contributed by atoms with van der Waals surface area (Å²) in [5.41, 5.74) is 3.52. The SMILES string of the molecule is CCCNC(c1c(C)nn(C)c1C)c1nccn1CC. The molecule has 0 spiro atoms. The van der Waals surface area contributed by atoms with Crippen LogP contribution in [0.15, 0.2) is 12.4 Å². The van der Waals surface area contributed by atoms with E-state index in [0.717, 1.165) is 31.0 Å². The van der Waals surface area contributed by atoms with Gasteiger partial charge in [0.2, 0.25) is 0 Å². The van der Waals surface area contributed by atoms with Gasteiger partial charge in [-0.1, -0.05) is 6.92 Å². The van der Waals surface area contributed by atoms with Crippen LogP contribution in [0.5, 0.6) is 0 Å². The van der Waals surface area contributed by atoms with Crippen molar-refractivity contribution < 1.29 is 0 Å². The summed E-state index contributed by atoms with van der Waals surface area (Å²) >= 11 is 0. The lowest BCUT2D eigenvalue weighted by atomic mass is 10.0. The summed E-state index contributed by atoms with van der Waals surface area (Å²) in [6, 6.07) is 0.110. The Balaban J connectivity index is 2.47. The molecule has 110 valence electrons. The molecular weight excluding hydrogens is 250 g/mol. The second kappa shape index (κ2) is 6.22. The van der Waals surface area contributed by atoms with Crippen molar-refractivity contribution in [2.24, 2.45) is 7.05 Å². The molecule has 1 unspecified atom stereocenters. The molecule has 20 heavy (non-hydrogen) atoms. The van der Waals surface area contributed by atoms with E-state index in [1.807, 2.05) is 24.1 Å². The molecule has 0 aliphatic rings. The number of rotatable bonds is 6. The molecule has 0 amide bonds. The number of imidazole rings is 1. The average molecular weight is 275 g/mol. The van der Waals surface area contributed by atoms with E-state index in [4.69, 9.17) is 0 Å². The van der Waals surface area contributed by atoms with Crippen molar-refractivity contribution in [1.29, 1.82) is 0 Å². The molecule has 0 saturated heterocycles. The number of aromatic nitrogens is 4. The monoisotopic (exact) mass is 275 g/mol. The van der Waals surface area contributed by atoms with E-state index in [0.29, 0.717) is 0 Å². The quantitative estimate of drug-likeness (QED) is 0.880. The first-order chi connectivity index (χ1) is 9.60. The van der Waals surface area contributed by atoms with E-state index in [2.05, 4.69) is 47.7 Å². The highest BCUT2D eigenvalue weighted by Crippen LogP contribution is 2.26. The third-order valence-electron chi connectivity index (χ3n) is 3.80. The summed E-state index contributed by atoms with van der Waals surface area (Å²) < 4.78 is 4.14. The summed E-state index contributed by atoms with van der Waals surface area (Å²) in [6.07, 6.45) is 5.01. The third kappa shape index (κ3) is 2.63. The summed E-state index contributed by atoms with van der Waals surface area (Å²) in [7, 11) is 2.00. The average Bonchev–Trinajstić information content (AvgIpc) is 2.99. The Morgan fingerprint density at radius 2 is 2.05 bits per heavy atom. The van der Waals surface area contributed by atoms with Crippen LogP contribution in [0.3, 0.4) is 0 Å². The number of hydrogen-bond donors (Lipinski definition) is 1. The zero-order chi connectivity index (χ0) is 14.7. The number of nitrogens with one attached hydrogen (secondary N) is 1. The summed E-state index contributed by atoms with van der Waals surface area (Å²) in [5, 5.41) is 8.17. The third-order valence-corrected chi connectivity index (χ3v) is 3.80. The first kappa shape index (κ1) is 14.8. The van der Waals surface area contributed by atoms with Crippen molar-refractivity contribution in [3.8, 4) is 0 Å². The molecule has 2 aromatic heterocycles. The Kier molecular flexibility index (Phi) is 4.60. The van der Waals surface area contributed by atoms with Crippen LogP contribution in [-0.4, -0.2) is 25.9 Å². The fraction of sp³-hybridized carbons (Fsp3) is 0.600. The lowest BCUT2D eigenvalue weighted by Gasteiger charge is -2.20. The standard InChI is InChI=1S/C15H25N5/c1-6-8-16-14(15-17-9-10-20(15)7-2)13-11(3)18-19(5)12(13)4/h9-10,14,16H,6-8H2,1-5H3. The van der Waals surface area contributed by atoms with Crippen LogP contribution >= 0.6 is 0 Å². The number of aryl methyl sites for hydroxylation is 3. The molecule has 2 rings (SSSR count). The van der Waals surface area contributed by atoms with Gasteiger partial charge in [0, 0.05) is 37.2 Å². The normalized spacial score (nSPS) is 12.8. The zero-order valence-electron chi connectivity index (χ0n) is 13.1. The summed E-state index contributed by atoms with van der Waals surface area (Å²) in [5.74, 6) is 1.07. The molecule has 0 fully saturated rings. The van der Waals surface area contributed by atoms with Gasteiger partial charge in [0.25, 0.3) is 0 Å². The van der Waals surface area contributed by atoms with Crippen LogP contribution in [-0.2, 0) is 13.6 Å². The Morgan fingerprint density at radius 3 is 2.60 bits per heavy atom. The van der Waals surface area contributed by atoms with Crippen LogP contribution in [0.1, 0.15) is 49.1 Å². The largest absolute Gasteiger partial charge is 0.334 e. The second-order valence-electron chi connectivity index (χ2n) is 5.17. The van der Waals surface area contributed by atoms with Gasteiger partial charge >= 0.3 is 0 Å². The van der Waals surface area contributed by atoms with Crippen LogP contribution in [0.25, 0.3) is 0 Å². The van der Waals surface area contributed by atoms with Gasteiger partial charge in [-0.05, 0) is 33.7 Å². The van der Waals surface area contributed by atoms with Gasteiger partial charge in [-0.15, -0.1) is 0 Å². The molecular formula is C15H25N5. The van der Waals surface area contributed by atoms with Crippen LogP contribution in [0.4, 0.5) is 0 Å². The van der Waals surface area contributed by atoms with E-state index < -0.39 is 0 Å². The van der Waals surface area contributed by atoms with Crippen molar-refractivity contribution >= 4 is 0 Å². The zero-order valence-corrected chi connectivity index (χ0v) is 13.1. The predicted molar refractivity (Wildman–Crippen MR) is 80.7 cm³/mol. The van der Waals surface area contributed by atoms with Crippen molar-refractivity contribution in [3.63, 3.8) is 0 Å². The van der Waals surface area contributed by atoms with Crippen molar-refractivity contribution in [2.75, 3.05) is 6.54 Å². The first-order valence-corrected chi connectivity index (χ1v) is 7.34. The lowest BCUT2D eigenvalue weighted by Crippen LogP contribution is -2.27. The fourth-order valence-corrected chi connectivity index (χ4v) is 2.67. The fourth-order valence-electron chi connectivity index (χ4n) is 2.67. The molecule has 5 heteroatoms. The minimum absolute atomic E-state index is 0.110. The lowest BCUT2D eigenvalue weighted by molar-refractivity contribution is 0.537. The van der Waals surface area contributed by atoms with Crippen LogP contribution in [0.2, 0.25) is 0 Å². The van der Waals surface area contributed by atoms with Crippen molar-refractivity contribution in [2.45, 2.75) is 46.7 Å². The van der Waals surface area contributed by atoms with Gasteiger partial charge in [-0.2, -0.15) is 5.10 Å². The maximum absolute atomic E-state index is 4.57. The maximum atomic E-state index is 4.57. The molecule has 0 aliphatic heterocycles. The van der Waals surface area contributed by atoms with Crippen molar-refractivity contribution in [3.05, 3.63) is 35.2 Å². The van der Waals surface area contributed by atoms with Gasteiger partial charge in [0.15, 0.2) is 0 Å². The Bertz CT molecular complexity index is 567. The highest BCUT2D eigenvalue weighted by atomic mass is 15.3. The summed E-state index contributed by atoms with van der Waals surface area (Å²) in [6.45, 7) is 10.4. The van der Waals surface area contributed by atoms with Gasteiger partial charge in [-0.25, -0.2) is 4.98 Å². The van der Waals surface area contributed by atoms with E-state index in [-0.39, 0.29) is 6.04 Å². The minimum Gasteiger partial charge on any atom is -0.334 e. The van der Waals surface area contributed by atoms with E-state index in [1.54, 1.807) is 0 Å². The van der Waals surface area contributed by atoms with E-state index >= 15 is 0 Å². The molecule has 0 radical (unpaired) electrons. The molecule has 1 atom stereocenters. The highest BCUT2D eigenvalue weighted by Gasteiger charge is 2.24. The second-order valence-corrected chi connectivity index (χ2v) is 5.17. The molecule has 2 heterocycles. The molecule has 0 aromatic carbocycles. The van der Waals surface area contributed by atoms with Gasteiger partial charge in [0.1, 0.15) is 5.82 Å². The Labute approximate surface area is 121 Å². The minimum atomic E-state index is 0.110. The van der Waals surface area contributed by atoms with Crippen LogP contribution < -0.4 is 5.32 Å². The molecule has 1 N–H and O–H groups in total. The predicted octanol–water partition coefficient (Wildman–Crippen LogP) is 2.34. The topological polar surface area (TPSA) is 47.7 Å². The smallest absolute Gasteiger partial charge is 0.130 e. The molecule has 5 nitrogen and oxygen atoms in total. The molecule has 2 aromatic rings. The van der Waals surface area contributed by atoms with E-state index in [9.17, 15) is 0 Å². The molecule has 0 bridgehead atoms.